The zero-order valence-corrected chi connectivity index (χ0v) is 13.5. The standard InChI is InChI=1S/C17H18N2O4/c1-17(2,3)23-16(21)19-8-7-10-11-9-13(15(20)22-4)18-12(11)5-6-14(10)19/h5-7,9H,8H2,1-4H3. The molecular formula is C17H18N2O4. The number of fused-ring (bicyclic) bond motifs is 3. The van der Waals surface area contributed by atoms with E-state index in [-0.39, 0.29) is 11.8 Å². The van der Waals surface area contributed by atoms with Crippen molar-refractivity contribution in [1.29, 1.82) is 0 Å². The van der Waals surface area contributed by atoms with Crippen molar-refractivity contribution < 1.29 is 19.1 Å². The highest BCUT2D eigenvalue weighted by atomic mass is 16.6. The number of rotatable bonds is 1. The average Bonchev–Trinajstić information content (AvgIpc) is 3.07. The van der Waals surface area contributed by atoms with E-state index in [9.17, 15) is 9.59 Å². The Kier molecular flexibility index (Phi) is 3.47. The van der Waals surface area contributed by atoms with E-state index in [4.69, 9.17) is 9.47 Å². The Bertz CT molecular complexity index is 847. The first-order chi connectivity index (χ1) is 10.8. The third-order valence-corrected chi connectivity index (χ3v) is 3.54. The summed E-state index contributed by atoms with van der Waals surface area (Å²) in [4.78, 5) is 29.8. The number of aliphatic imine (C=N–C) groups is 1. The summed E-state index contributed by atoms with van der Waals surface area (Å²) in [6.07, 6.45) is 3.24. The fourth-order valence-electron chi connectivity index (χ4n) is 2.59. The first kappa shape index (κ1) is 15.3. The van der Waals surface area contributed by atoms with Crippen molar-refractivity contribution in [1.82, 2.24) is 0 Å². The van der Waals surface area contributed by atoms with Gasteiger partial charge in [0.2, 0.25) is 0 Å². The Morgan fingerprint density at radius 1 is 1.22 bits per heavy atom. The number of hydrogen-bond donors (Lipinski definition) is 0. The van der Waals surface area contributed by atoms with Crippen molar-refractivity contribution in [2.24, 2.45) is 4.99 Å². The van der Waals surface area contributed by atoms with Gasteiger partial charge in [-0.1, -0.05) is 6.08 Å². The summed E-state index contributed by atoms with van der Waals surface area (Å²) in [5, 5.41) is 1.71. The Morgan fingerprint density at radius 2 is 1.96 bits per heavy atom. The second kappa shape index (κ2) is 5.22. The highest BCUT2D eigenvalue weighted by Crippen LogP contribution is 2.20. The molecule has 6 nitrogen and oxygen atoms in total. The molecule has 0 saturated heterocycles. The lowest BCUT2D eigenvalue weighted by atomic mass is 10.2. The summed E-state index contributed by atoms with van der Waals surface area (Å²) >= 11 is 0. The van der Waals surface area contributed by atoms with Crippen LogP contribution in [0.3, 0.4) is 0 Å². The van der Waals surface area contributed by atoms with Crippen LogP contribution in [-0.4, -0.2) is 37.0 Å². The van der Waals surface area contributed by atoms with Gasteiger partial charge in [0.05, 0.1) is 18.5 Å². The number of benzene rings is 1. The molecule has 1 aromatic rings. The molecule has 1 aromatic carbocycles. The molecule has 2 aliphatic rings. The van der Waals surface area contributed by atoms with Crippen molar-refractivity contribution in [2.75, 3.05) is 18.6 Å². The summed E-state index contributed by atoms with van der Waals surface area (Å²) in [6.45, 7) is 5.93. The number of amides is 1. The average molecular weight is 314 g/mol. The minimum Gasteiger partial charge on any atom is -0.464 e. The molecule has 0 aromatic heterocycles. The van der Waals surface area contributed by atoms with E-state index in [0.29, 0.717) is 12.2 Å². The van der Waals surface area contributed by atoms with Gasteiger partial charge in [-0.15, -0.1) is 0 Å². The van der Waals surface area contributed by atoms with Gasteiger partial charge in [0.25, 0.3) is 0 Å². The van der Waals surface area contributed by atoms with Gasteiger partial charge in [-0.3, -0.25) is 4.90 Å². The predicted octanol–water partition coefficient (Wildman–Crippen LogP) is 1.26. The third kappa shape index (κ3) is 2.72. The second-order valence-corrected chi connectivity index (χ2v) is 6.36. The number of hydrogen-bond acceptors (Lipinski definition) is 5. The summed E-state index contributed by atoms with van der Waals surface area (Å²) < 4.78 is 10.1. The summed E-state index contributed by atoms with van der Waals surface area (Å²) in [6, 6.07) is 3.61. The van der Waals surface area contributed by atoms with E-state index in [1.54, 1.807) is 17.0 Å². The first-order valence-corrected chi connectivity index (χ1v) is 7.32. The molecule has 0 atom stereocenters. The van der Waals surface area contributed by atoms with Crippen LogP contribution in [0, 0.1) is 0 Å². The summed E-state index contributed by atoms with van der Waals surface area (Å²) in [5.41, 5.74) is 1.17. The van der Waals surface area contributed by atoms with E-state index in [1.165, 1.54) is 7.11 Å². The first-order valence-electron chi connectivity index (χ1n) is 7.32. The Hall–Kier alpha value is -2.63. The van der Waals surface area contributed by atoms with Crippen molar-refractivity contribution in [2.45, 2.75) is 26.4 Å². The lowest BCUT2D eigenvalue weighted by molar-refractivity contribution is -0.132. The minimum absolute atomic E-state index is 0.264. The molecule has 1 amide bonds. The fraction of sp³-hybridized carbons (Fsp3) is 0.353. The molecule has 0 bridgehead atoms. The second-order valence-electron chi connectivity index (χ2n) is 6.36. The van der Waals surface area contributed by atoms with E-state index in [0.717, 1.165) is 16.1 Å². The predicted molar refractivity (Wildman–Crippen MR) is 87.3 cm³/mol. The van der Waals surface area contributed by atoms with Gasteiger partial charge in [0, 0.05) is 17.0 Å². The zero-order valence-electron chi connectivity index (χ0n) is 13.5. The lowest BCUT2D eigenvalue weighted by Gasteiger charge is -2.25. The maximum absolute atomic E-state index is 12.3. The van der Waals surface area contributed by atoms with E-state index in [2.05, 4.69) is 4.99 Å². The number of esters is 1. The smallest absolute Gasteiger partial charge is 0.415 e. The molecule has 2 aliphatic heterocycles. The van der Waals surface area contributed by atoms with Crippen LogP contribution in [0.15, 0.2) is 17.1 Å². The molecular weight excluding hydrogens is 296 g/mol. The number of ether oxygens (including phenoxy) is 2. The molecule has 0 unspecified atom stereocenters. The van der Waals surface area contributed by atoms with Crippen molar-refractivity contribution >= 4 is 41.3 Å². The number of methoxy groups -OCH3 is 1. The van der Waals surface area contributed by atoms with Gasteiger partial charge in [-0.05, 0) is 39.0 Å². The number of carbonyl (C=O) groups is 2. The van der Waals surface area contributed by atoms with Crippen molar-refractivity contribution in [3.8, 4) is 0 Å². The van der Waals surface area contributed by atoms with Gasteiger partial charge in [-0.2, -0.15) is 0 Å². The minimum atomic E-state index is -0.552. The molecule has 0 aliphatic carbocycles. The van der Waals surface area contributed by atoms with Crippen LogP contribution in [0.25, 0.3) is 12.2 Å². The molecule has 3 rings (SSSR count). The zero-order chi connectivity index (χ0) is 16.8. The third-order valence-electron chi connectivity index (χ3n) is 3.54. The maximum atomic E-state index is 12.3. The van der Waals surface area contributed by atoms with Gasteiger partial charge < -0.3 is 9.47 Å². The number of carbonyl (C=O) groups excluding carboxylic acids is 2. The molecule has 0 N–H and O–H groups in total. The van der Waals surface area contributed by atoms with Crippen LogP contribution in [0.1, 0.15) is 20.8 Å². The molecule has 6 heteroatoms. The number of anilines is 1. The van der Waals surface area contributed by atoms with Gasteiger partial charge in [-0.25, -0.2) is 14.6 Å². The Balaban J connectivity index is 1.97. The van der Waals surface area contributed by atoms with E-state index in [1.807, 2.05) is 32.9 Å². The molecule has 2 heterocycles. The van der Waals surface area contributed by atoms with Crippen LogP contribution in [0.2, 0.25) is 0 Å². The molecule has 0 saturated carbocycles. The summed E-state index contributed by atoms with van der Waals surface area (Å²) in [7, 11) is 1.32. The molecule has 120 valence electrons. The van der Waals surface area contributed by atoms with Gasteiger partial charge in [0.1, 0.15) is 11.3 Å². The molecule has 0 fully saturated rings. The summed E-state index contributed by atoms with van der Waals surface area (Å²) in [5.74, 6) is -0.475. The topological polar surface area (TPSA) is 68.2 Å². The lowest BCUT2D eigenvalue weighted by Crippen LogP contribution is -2.37. The van der Waals surface area contributed by atoms with E-state index < -0.39 is 11.6 Å². The Morgan fingerprint density at radius 3 is 2.61 bits per heavy atom. The van der Waals surface area contributed by atoms with Crippen LogP contribution in [0.4, 0.5) is 16.2 Å². The quantitative estimate of drug-likeness (QED) is 0.732. The Labute approximate surface area is 133 Å². The van der Waals surface area contributed by atoms with Crippen LogP contribution < -0.4 is 15.3 Å². The highest BCUT2D eigenvalue weighted by molar-refractivity contribution is 6.49. The SMILES string of the molecule is COC(=O)C1=Nc2ccc3c(c2=C1)=CCN3C(=O)OC(C)(C)C. The fourth-order valence-corrected chi connectivity index (χ4v) is 2.59. The van der Waals surface area contributed by atoms with Crippen molar-refractivity contribution in [3.05, 3.63) is 22.6 Å². The van der Waals surface area contributed by atoms with Gasteiger partial charge in [0.15, 0.2) is 0 Å². The molecule has 23 heavy (non-hydrogen) atoms. The van der Waals surface area contributed by atoms with E-state index >= 15 is 0 Å². The van der Waals surface area contributed by atoms with Crippen molar-refractivity contribution in [3.63, 3.8) is 0 Å². The maximum Gasteiger partial charge on any atom is 0.415 e. The highest BCUT2D eigenvalue weighted by Gasteiger charge is 2.27. The normalized spacial score (nSPS) is 15.1. The largest absolute Gasteiger partial charge is 0.464 e. The monoisotopic (exact) mass is 314 g/mol. The van der Waals surface area contributed by atoms with Crippen LogP contribution >= 0.6 is 0 Å². The van der Waals surface area contributed by atoms with Crippen LogP contribution in [0.5, 0.6) is 0 Å². The molecule has 0 spiro atoms. The molecule has 0 radical (unpaired) electrons. The number of nitrogens with zero attached hydrogens (tertiary/aromatic N) is 2. The van der Waals surface area contributed by atoms with Gasteiger partial charge >= 0.3 is 12.1 Å². The van der Waals surface area contributed by atoms with Crippen LogP contribution in [-0.2, 0) is 14.3 Å².